The van der Waals surface area contributed by atoms with Crippen molar-refractivity contribution in [3.05, 3.63) is 63.7 Å². The lowest BCUT2D eigenvalue weighted by atomic mass is 10.0. The molecule has 2 aromatic rings. The van der Waals surface area contributed by atoms with Crippen molar-refractivity contribution in [3.8, 4) is 0 Å². The van der Waals surface area contributed by atoms with Crippen molar-refractivity contribution in [3.63, 3.8) is 0 Å². The van der Waals surface area contributed by atoms with Gasteiger partial charge in [0.15, 0.2) is 0 Å². The number of benzene rings is 1. The summed E-state index contributed by atoms with van der Waals surface area (Å²) in [4.78, 5) is 10.1. The van der Waals surface area contributed by atoms with E-state index in [2.05, 4.69) is 5.32 Å². The summed E-state index contributed by atoms with van der Waals surface area (Å²) in [5.74, 6) is -0.0980. The van der Waals surface area contributed by atoms with Crippen molar-refractivity contribution in [2.45, 2.75) is 25.8 Å². The monoisotopic (exact) mass is 292 g/mol. The van der Waals surface area contributed by atoms with Crippen LogP contribution >= 0.6 is 0 Å². The topological polar surface area (TPSA) is 68.3 Å². The van der Waals surface area contributed by atoms with Crippen LogP contribution in [0.15, 0.2) is 40.8 Å². The molecule has 0 amide bonds. The first-order valence-electron chi connectivity index (χ1n) is 6.82. The Morgan fingerprint density at radius 1 is 1.38 bits per heavy atom. The van der Waals surface area contributed by atoms with Gasteiger partial charge < -0.3 is 9.73 Å². The molecule has 2 rings (SSSR count). The highest BCUT2D eigenvalue weighted by atomic mass is 19.1. The van der Waals surface area contributed by atoms with Crippen LogP contribution in [-0.4, -0.2) is 11.5 Å². The smallest absolute Gasteiger partial charge is 0.404 e. The molecule has 6 heteroatoms. The molecule has 1 aromatic heterocycles. The molecular weight excluding hydrogens is 275 g/mol. The maximum absolute atomic E-state index is 13.2. The summed E-state index contributed by atoms with van der Waals surface area (Å²) < 4.78 is 18.5. The number of furan rings is 1. The van der Waals surface area contributed by atoms with E-state index in [4.69, 9.17) is 4.42 Å². The van der Waals surface area contributed by atoms with Crippen LogP contribution in [0.4, 0.5) is 10.3 Å². The second-order valence-corrected chi connectivity index (χ2v) is 4.77. The molecule has 0 aliphatic heterocycles. The van der Waals surface area contributed by atoms with Gasteiger partial charge in [0.25, 0.3) is 0 Å². The van der Waals surface area contributed by atoms with Gasteiger partial charge in [-0.3, -0.25) is 10.1 Å². The molecule has 0 bridgehead atoms. The molecule has 1 heterocycles. The standard InChI is InChI=1S/C15H17FN2O3/c1-2-8-17-13(10-11-4-3-5-12(16)9-11)14-6-7-15(21-14)18(19)20/h3-7,9,13,17H,2,8,10H2,1H3. The lowest BCUT2D eigenvalue weighted by molar-refractivity contribution is -0.402. The Morgan fingerprint density at radius 2 is 2.19 bits per heavy atom. The van der Waals surface area contributed by atoms with E-state index in [0.29, 0.717) is 12.2 Å². The van der Waals surface area contributed by atoms with E-state index in [9.17, 15) is 14.5 Å². The molecule has 112 valence electrons. The van der Waals surface area contributed by atoms with Crippen LogP contribution in [0, 0.1) is 15.9 Å². The molecule has 1 atom stereocenters. The van der Waals surface area contributed by atoms with Crippen molar-refractivity contribution < 1.29 is 13.7 Å². The van der Waals surface area contributed by atoms with Gasteiger partial charge in [-0.25, -0.2) is 4.39 Å². The normalized spacial score (nSPS) is 12.3. The zero-order valence-electron chi connectivity index (χ0n) is 11.7. The average molecular weight is 292 g/mol. The van der Waals surface area contributed by atoms with Gasteiger partial charge in [0.05, 0.1) is 12.1 Å². The third-order valence-corrected chi connectivity index (χ3v) is 3.11. The molecule has 0 saturated carbocycles. The van der Waals surface area contributed by atoms with Gasteiger partial charge in [-0.05, 0) is 43.1 Å². The van der Waals surface area contributed by atoms with Gasteiger partial charge in [0.1, 0.15) is 16.5 Å². The fourth-order valence-electron chi connectivity index (χ4n) is 2.12. The zero-order valence-corrected chi connectivity index (χ0v) is 11.7. The highest BCUT2D eigenvalue weighted by Gasteiger charge is 2.19. The molecule has 0 radical (unpaired) electrons. The third-order valence-electron chi connectivity index (χ3n) is 3.11. The average Bonchev–Trinajstić information content (AvgIpc) is 2.93. The maximum atomic E-state index is 13.2. The summed E-state index contributed by atoms with van der Waals surface area (Å²) in [5, 5.41) is 14.0. The Hall–Kier alpha value is -2.21. The quantitative estimate of drug-likeness (QED) is 0.625. The van der Waals surface area contributed by atoms with Crippen molar-refractivity contribution in [2.24, 2.45) is 0 Å². The molecule has 1 unspecified atom stereocenters. The number of hydrogen-bond acceptors (Lipinski definition) is 4. The second-order valence-electron chi connectivity index (χ2n) is 4.77. The molecule has 0 fully saturated rings. The number of nitrogens with zero attached hydrogens (tertiary/aromatic N) is 1. The van der Waals surface area contributed by atoms with E-state index in [1.807, 2.05) is 13.0 Å². The Morgan fingerprint density at radius 3 is 2.81 bits per heavy atom. The number of nitro groups is 1. The highest BCUT2D eigenvalue weighted by Crippen LogP contribution is 2.24. The predicted molar refractivity (Wildman–Crippen MR) is 76.5 cm³/mol. The van der Waals surface area contributed by atoms with E-state index in [0.717, 1.165) is 18.5 Å². The summed E-state index contributed by atoms with van der Waals surface area (Å²) in [6.07, 6.45) is 1.42. The van der Waals surface area contributed by atoms with Crippen LogP contribution in [-0.2, 0) is 6.42 Å². The first kappa shape index (κ1) is 15.2. The van der Waals surface area contributed by atoms with Crippen LogP contribution in [0.2, 0.25) is 0 Å². The van der Waals surface area contributed by atoms with Crippen molar-refractivity contribution in [1.29, 1.82) is 0 Å². The molecule has 0 spiro atoms. The summed E-state index contributed by atoms with van der Waals surface area (Å²) >= 11 is 0. The minimum atomic E-state index is -0.567. The molecule has 5 nitrogen and oxygen atoms in total. The Labute approximate surface area is 121 Å². The van der Waals surface area contributed by atoms with Gasteiger partial charge in [-0.1, -0.05) is 19.1 Å². The van der Waals surface area contributed by atoms with Crippen molar-refractivity contribution in [2.75, 3.05) is 6.54 Å². The van der Waals surface area contributed by atoms with Crippen molar-refractivity contribution >= 4 is 5.88 Å². The first-order chi connectivity index (χ1) is 10.1. The lowest BCUT2D eigenvalue weighted by Gasteiger charge is -2.16. The van der Waals surface area contributed by atoms with Gasteiger partial charge in [-0.15, -0.1) is 0 Å². The molecule has 0 aliphatic rings. The van der Waals surface area contributed by atoms with Gasteiger partial charge in [-0.2, -0.15) is 0 Å². The Bertz CT molecular complexity index is 612. The summed E-state index contributed by atoms with van der Waals surface area (Å²) in [6, 6.07) is 9.01. The second kappa shape index (κ2) is 6.99. The third kappa shape index (κ3) is 4.13. The van der Waals surface area contributed by atoms with E-state index in [1.54, 1.807) is 12.1 Å². The van der Waals surface area contributed by atoms with Crippen LogP contribution < -0.4 is 5.32 Å². The van der Waals surface area contributed by atoms with E-state index >= 15 is 0 Å². The largest absolute Gasteiger partial charge is 0.433 e. The van der Waals surface area contributed by atoms with Gasteiger partial charge in [0, 0.05) is 0 Å². The molecular formula is C15H17FN2O3. The van der Waals surface area contributed by atoms with Gasteiger partial charge >= 0.3 is 5.88 Å². The number of hydrogen-bond donors (Lipinski definition) is 1. The van der Waals surface area contributed by atoms with Crippen LogP contribution in [0.5, 0.6) is 0 Å². The van der Waals surface area contributed by atoms with Crippen LogP contribution in [0.25, 0.3) is 0 Å². The molecule has 1 aromatic carbocycles. The minimum Gasteiger partial charge on any atom is -0.404 e. The minimum absolute atomic E-state index is 0.222. The first-order valence-corrected chi connectivity index (χ1v) is 6.82. The molecule has 1 N–H and O–H groups in total. The highest BCUT2D eigenvalue weighted by molar-refractivity contribution is 5.23. The van der Waals surface area contributed by atoms with Crippen LogP contribution in [0.1, 0.15) is 30.7 Å². The van der Waals surface area contributed by atoms with Crippen LogP contribution in [0.3, 0.4) is 0 Å². The van der Waals surface area contributed by atoms with E-state index in [-0.39, 0.29) is 17.7 Å². The SMILES string of the molecule is CCCNC(Cc1cccc(F)c1)c1ccc([N+](=O)[O-])o1. The van der Waals surface area contributed by atoms with Gasteiger partial charge in [0.2, 0.25) is 0 Å². The molecule has 0 aliphatic carbocycles. The predicted octanol–water partition coefficient (Wildman–Crippen LogP) is 3.61. The fourth-order valence-corrected chi connectivity index (χ4v) is 2.12. The summed E-state index contributed by atoms with van der Waals surface area (Å²) in [5.41, 5.74) is 0.808. The number of nitrogens with one attached hydrogen (secondary N) is 1. The zero-order chi connectivity index (χ0) is 15.2. The number of rotatable bonds is 7. The molecule has 21 heavy (non-hydrogen) atoms. The maximum Gasteiger partial charge on any atom is 0.433 e. The lowest BCUT2D eigenvalue weighted by Crippen LogP contribution is -2.23. The van der Waals surface area contributed by atoms with Crippen molar-refractivity contribution in [1.82, 2.24) is 5.32 Å². The Balaban J connectivity index is 2.18. The van der Waals surface area contributed by atoms with E-state index < -0.39 is 4.92 Å². The fraction of sp³-hybridized carbons (Fsp3) is 0.333. The molecule has 0 saturated heterocycles. The summed E-state index contributed by atoms with van der Waals surface area (Å²) in [7, 11) is 0. The van der Waals surface area contributed by atoms with E-state index in [1.165, 1.54) is 18.2 Å². The number of halogens is 1. The Kier molecular flexibility index (Phi) is 5.05. The summed E-state index contributed by atoms with van der Waals surface area (Å²) in [6.45, 7) is 2.77.